The molecule has 0 aromatic heterocycles. The number of ether oxygens (including phenoxy) is 1. The lowest BCUT2D eigenvalue weighted by molar-refractivity contribution is 0.283. The zero-order valence-corrected chi connectivity index (χ0v) is 17.5. The second kappa shape index (κ2) is 7.98. The summed E-state index contributed by atoms with van der Waals surface area (Å²) < 4.78 is 6.02. The van der Waals surface area contributed by atoms with Gasteiger partial charge in [0.25, 0.3) is 0 Å². The summed E-state index contributed by atoms with van der Waals surface area (Å²) in [5.74, 6) is 2.45. The van der Waals surface area contributed by atoms with Crippen molar-refractivity contribution in [2.75, 3.05) is 6.61 Å². The lowest BCUT2D eigenvalue weighted by Crippen LogP contribution is -2.24. The monoisotopic (exact) mass is 342 g/mol. The molecule has 2 rings (SSSR count). The van der Waals surface area contributed by atoms with E-state index in [4.69, 9.17) is 4.74 Å². The first-order valence-electron chi connectivity index (χ1n) is 10.0. The fraction of sp³-hybridized carbons (Fsp3) is 0.667. The van der Waals surface area contributed by atoms with Crippen LogP contribution in [0.4, 0.5) is 0 Å². The summed E-state index contributed by atoms with van der Waals surface area (Å²) in [7, 11) is 0. The maximum absolute atomic E-state index is 6.02. The maximum Gasteiger partial charge on any atom is 0.119 e. The van der Waals surface area contributed by atoms with E-state index >= 15 is 0 Å². The summed E-state index contributed by atoms with van der Waals surface area (Å²) in [6, 6.07) is 8.76. The molecule has 0 bridgehead atoms. The van der Waals surface area contributed by atoms with Gasteiger partial charge < -0.3 is 4.74 Å². The lowest BCUT2D eigenvalue weighted by Gasteiger charge is -2.33. The van der Waals surface area contributed by atoms with Crippen LogP contribution in [0.25, 0.3) is 0 Å². The molecular weight excluding hydrogens is 304 g/mol. The van der Waals surface area contributed by atoms with E-state index in [-0.39, 0.29) is 5.41 Å². The smallest absolute Gasteiger partial charge is 0.119 e. The van der Waals surface area contributed by atoms with Gasteiger partial charge in [-0.2, -0.15) is 0 Å². The molecule has 0 spiro atoms. The summed E-state index contributed by atoms with van der Waals surface area (Å²) in [6.45, 7) is 17.1. The van der Waals surface area contributed by atoms with Gasteiger partial charge in [-0.25, -0.2) is 0 Å². The number of benzene rings is 1. The maximum atomic E-state index is 6.02. The van der Waals surface area contributed by atoms with Gasteiger partial charge in [-0.15, -0.1) is 0 Å². The summed E-state index contributed by atoms with van der Waals surface area (Å²) in [5, 5.41) is 0. The first kappa shape index (κ1) is 20.1. The normalized spacial score (nSPS) is 21.8. The Kier molecular flexibility index (Phi) is 6.40. The molecule has 0 saturated carbocycles. The highest BCUT2D eigenvalue weighted by molar-refractivity contribution is 5.32. The first-order valence-corrected chi connectivity index (χ1v) is 10.0. The second-order valence-electron chi connectivity index (χ2n) is 9.94. The minimum atomic E-state index is 0.190. The molecule has 1 aromatic carbocycles. The van der Waals surface area contributed by atoms with Crippen LogP contribution in [0.1, 0.15) is 79.7 Å². The van der Waals surface area contributed by atoms with Crippen LogP contribution in [0.2, 0.25) is 0 Å². The Morgan fingerprint density at radius 2 is 1.60 bits per heavy atom. The Morgan fingerprint density at radius 1 is 0.960 bits per heavy atom. The minimum absolute atomic E-state index is 0.190. The minimum Gasteiger partial charge on any atom is -0.493 e. The van der Waals surface area contributed by atoms with Crippen molar-refractivity contribution in [3.05, 3.63) is 41.5 Å². The lowest BCUT2D eigenvalue weighted by atomic mass is 9.72. The molecule has 1 heteroatoms. The van der Waals surface area contributed by atoms with Crippen molar-refractivity contribution in [3.63, 3.8) is 0 Å². The number of hydrogen-bond donors (Lipinski definition) is 0. The molecule has 0 amide bonds. The molecule has 0 radical (unpaired) electrons. The quantitative estimate of drug-likeness (QED) is 0.498. The van der Waals surface area contributed by atoms with Gasteiger partial charge in [0.1, 0.15) is 5.75 Å². The third-order valence-electron chi connectivity index (χ3n) is 5.45. The predicted molar refractivity (Wildman–Crippen MR) is 109 cm³/mol. The summed E-state index contributed by atoms with van der Waals surface area (Å²) >= 11 is 0. The molecule has 1 aromatic rings. The van der Waals surface area contributed by atoms with Crippen molar-refractivity contribution >= 4 is 0 Å². The van der Waals surface area contributed by atoms with Crippen molar-refractivity contribution in [1.29, 1.82) is 0 Å². The van der Waals surface area contributed by atoms with Crippen molar-refractivity contribution in [2.24, 2.45) is 17.3 Å². The van der Waals surface area contributed by atoms with Gasteiger partial charge in [-0.1, -0.05) is 72.2 Å². The number of allylic oxidation sites excluding steroid dienone is 1. The molecule has 1 aliphatic carbocycles. The fourth-order valence-corrected chi connectivity index (χ4v) is 4.36. The zero-order valence-electron chi connectivity index (χ0n) is 17.5. The zero-order chi connectivity index (χ0) is 18.7. The molecule has 0 N–H and O–H groups in total. The average Bonchev–Trinajstić information content (AvgIpc) is 2.49. The van der Waals surface area contributed by atoms with Crippen LogP contribution in [0.3, 0.4) is 0 Å². The van der Waals surface area contributed by atoms with Gasteiger partial charge in [0.15, 0.2) is 0 Å². The number of rotatable bonds is 6. The van der Waals surface area contributed by atoms with Gasteiger partial charge in [-0.3, -0.25) is 0 Å². The van der Waals surface area contributed by atoms with E-state index in [0.29, 0.717) is 5.41 Å². The van der Waals surface area contributed by atoms with E-state index in [2.05, 4.69) is 78.8 Å². The van der Waals surface area contributed by atoms with E-state index in [9.17, 15) is 0 Å². The molecular formula is C24H38O. The van der Waals surface area contributed by atoms with Gasteiger partial charge >= 0.3 is 0 Å². The van der Waals surface area contributed by atoms with E-state index in [1.165, 1.54) is 24.8 Å². The second-order valence-corrected chi connectivity index (χ2v) is 9.94. The SMILES string of the molecule is CC1C=C(CCOc2ccc(C(C)(C)CC(C)(C)C)cc2)C(C)CC1. The fourth-order valence-electron chi connectivity index (χ4n) is 4.36. The molecule has 1 nitrogen and oxygen atoms in total. The van der Waals surface area contributed by atoms with Crippen molar-refractivity contribution in [1.82, 2.24) is 0 Å². The molecule has 1 aliphatic rings. The van der Waals surface area contributed by atoms with Crippen LogP contribution < -0.4 is 4.74 Å². The van der Waals surface area contributed by atoms with Crippen molar-refractivity contribution in [3.8, 4) is 5.75 Å². The molecule has 2 atom stereocenters. The molecule has 0 aliphatic heterocycles. The average molecular weight is 343 g/mol. The largest absolute Gasteiger partial charge is 0.493 e. The van der Waals surface area contributed by atoms with Gasteiger partial charge in [0.05, 0.1) is 6.61 Å². The van der Waals surface area contributed by atoms with Crippen LogP contribution in [-0.2, 0) is 5.41 Å². The Bertz CT molecular complexity index is 571. The molecule has 25 heavy (non-hydrogen) atoms. The molecule has 140 valence electrons. The summed E-state index contributed by atoms with van der Waals surface area (Å²) in [5.41, 5.74) is 3.50. The van der Waals surface area contributed by atoms with Gasteiger partial charge in [0, 0.05) is 6.42 Å². The van der Waals surface area contributed by atoms with Gasteiger partial charge in [0.2, 0.25) is 0 Å². The van der Waals surface area contributed by atoms with E-state index in [1.807, 2.05) is 0 Å². The highest BCUT2D eigenvalue weighted by atomic mass is 16.5. The Hall–Kier alpha value is -1.24. The highest BCUT2D eigenvalue weighted by Crippen LogP contribution is 2.36. The van der Waals surface area contributed by atoms with Gasteiger partial charge in [-0.05, 0) is 59.6 Å². The third-order valence-corrected chi connectivity index (χ3v) is 5.45. The molecule has 2 unspecified atom stereocenters. The standard InChI is InChI=1S/C24H38O/c1-18-8-9-19(2)20(16-18)14-15-25-22-12-10-21(11-13-22)24(6,7)17-23(3,4)5/h10-13,16,18-19H,8-9,14-15,17H2,1-7H3. The Balaban J connectivity index is 1.90. The van der Waals surface area contributed by atoms with E-state index in [0.717, 1.165) is 30.6 Å². The molecule has 0 saturated heterocycles. The van der Waals surface area contributed by atoms with Crippen molar-refractivity contribution in [2.45, 2.75) is 79.6 Å². The number of hydrogen-bond acceptors (Lipinski definition) is 1. The Labute approximate surface area is 155 Å². The van der Waals surface area contributed by atoms with Crippen LogP contribution in [0, 0.1) is 17.3 Å². The first-order chi connectivity index (χ1) is 11.6. The van der Waals surface area contributed by atoms with E-state index < -0.39 is 0 Å². The predicted octanol–water partition coefficient (Wildman–Crippen LogP) is 7.16. The van der Waals surface area contributed by atoms with Crippen LogP contribution in [-0.4, -0.2) is 6.61 Å². The molecule has 0 fully saturated rings. The summed E-state index contributed by atoms with van der Waals surface area (Å²) in [6.07, 6.45) is 7.35. The van der Waals surface area contributed by atoms with E-state index in [1.54, 1.807) is 5.57 Å². The topological polar surface area (TPSA) is 9.23 Å². The van der Waals surface area contributed by atoms with Crippen LogP contribution >= 0.6 is 0 Å². The highest BCUT2D eigenvalue weighted by Gasteiger charge is 2.27. The van der Waals surface area contributed by atoms with Crippen LogP contribution in [0.5, 0.6) is 5.75 Å². The van der Waals surface area contributed by atoms with Crippen LogP contribution in [0.15, 0.2) is 35.9 Å². The summed E-state index contributed by atoms with van der Waals surface area (Å²) in [4.78, 5) is 0. The third kappa shape index (κ3) is 6.20. The van der Waals surface area contributed by atoms with Crippen molar-refractivity contribution < 1.29 is 4.74 Å². The Morgan fingerprint density at radius 3 is 2.20 bits per heavy atom. The molecule has 0 heterocycles.